The van der Waals surface area contributed by atoms with E-state index in [1.165, 1.54) is 33.9 Å². The van der Waals surface area contributed by atoms with Crippen LogP contribution in [0, 0.1) is 0 Å². The van der Waals surface area contributed by atoms with Crippen molar-refractivity contribution < 1.29 is 0 Å². The molecular formula is C18H21NS. The van der Waals surface area contributed by atoms with Crippen LogP contribution in [-0.2, 0) is 0 Å². The molecule has 3 rings (SSSR count). The molecule has 0 aliphatic carbocycles. The van der Waals surface area contributed by atoms with E-state index in [0.29, 0.717) is 12.0 Å². The van der Waals surface area contributed by atoms with Gasteiger partial charge in [-0.15, -0.1) is 11.8 Å². The standard InChI is InChI=1S/C18H21NS/c1-13(2)14-7-3-5-9-16(14)19-17-11-12-20-18-10-6-4-8-15(17)18/h3-10,13,17,19H,11-12H2,1-2H3. The maximum absolute atomic E-state index is 3.77. The van der Waals surface area contributed by atoms with Gasteiger partial charge in [0.2, 0.25) is 0 Å². The van der Waals surface area contributed by atoms with Crippen molar-refractivity contribution in [2.75, 3.05) is 11.1 Å². The van der Waals surface area contributed by atoms with Crippen LogP contribution in [0.5, 0.6) is 0 Å². The third-order valence-corrected chi connectivity index (χ3v) is 4.99. The first kappa shape index (κ1) is 13.6. The van der Waals surface area contributed by atoms with E-state index in [-0.39, 0.29) is 0 Å². The second kappa shape index (κ2) is 5.92. The van der Waals surface area contributed by atoms with Crippen LogP contribution in [0.4, 0.5) is 5.69 Å². The number of rotatable bonds is 3. The quantitative estimate of drug-likeness (QED) is 0.803. The third-order valence-electron chi connectivity index (χ3n) is 3.87. The van der Waals surface area contributed by atoms with E-state index in [1.807, 2.05) is 11.8 Å². The monoisotopic (exact) mass is 283 g/mol. The van der Waals surface area contributed by atoms with E-state index in [1.54, 1.807) is 0 Å². The highest BCUT2D eigenvalue weighted by Gasteiger charge is 2.21. The van der Waals surface area contributed by atoms with E-state index in [0.717, 1.165) is 0 Å². The van der Waals surface area contributed by atoms with Gasteiger partial charge in [0.25, 0.3) is 0 Å². The fourth-order valence-electron chi connectivity index (χ4n) is 2.81. The Morgan fingerprint density at radius 2 is 1.80 bits per heavy atom. The highest BCUT2D eigenvalue weighted by molar-refractivity contribution is 7.99. The summed E-state index contributed by atoms with van der Waals surface area (Å²) >= 11 is 1.97. The molecule has 2 aromatic carbocycles. The van der Waals surface area contributed by atoms with Gasteiger partial charge in [0.05, 0.1) is 6.04 Å². The second-order valence-corrected chi connectivity index (χ2v) is 6.75. The SMILES string of the molecule is CC(C)c1ccccc1NC1CCSc2ccccc21. The van der Waals surface area contributed by atoms with Crippen molar-refractivity contribution in [2.45, 2.75) is 37.1 Å². The van der Waals surface area contributed by atoms with Gasteiger partial charge in [0.15, 0.2) is 0 Å². The molecule has 1 aliphatic rings. The van der Waals surface area contributed by atoms with Crippen molar-refractivity contribution in [1.82, 2.24) is 0 Å². The van der Waals surface area contributed by atoms with Crippen LogP contribution in [0.3, 0.4) is 0 Å². The van der Waals surface area contributed by atoms with Crippen LogP contribution >= 0.6 is 11.8 Å². The molecule has 0 amide bonds. The number of fused-ring (bicyclic) bond motifs is 1. The second-order valence-electron chi connectivity index (χ2n) is 5.61. The summed E-state index contributed by atoms with van der Waals surface area (Å²) in [7, 11) is 0. The van der Waals surface area contributed by atoms with E-state index < -0.39 is 0 Å². The molecule has 2 heteroatoms. The molecule has 0 aromatic heterocycles. The average molecular weight is 283 g/mol. The summed E-state index contributed by atoms with van der Waals surface area (Å²) in [6.45, 7) is 4.51. The zero-order valence-electron chi connectivity index (χ0n) is 12.1. The van der Waals surface area contributed by atoms with Crippen molar-refractivity contribution in [1.29, 1.82) is 0 Å². The Hall–Kier alpha value is -1.41. The summed E-state index contributed by atoms with van der Waals surface area (Å²) in [5.41, 5.74) is 4.14. The third kappa shape index (κ3) is 2.71. The van der Waals surface area contributed by atoms with Gasteiger partial charge in [-0.1, -0.05) is 50.2 Å². The first-order valence-corrected chi connectivity index (χ1v) is 8.31. The molecule has 1 unspecified atom stereocenters. The number of hydrogen-bond acceptors (Lipinski definition) is 2. The maximum atomic E-state index is 3.77. The lowest BCUT2D eigenvalue weighted by Gasteiger charge is -2.28. The van der Waals surface area contributed by atoms with Crippen LogP contribution in [0.15, 0.2) is 53.4 Å². The van der Waals surface area contributed by atoms with Crippen LogP contribution in [0.1, 0.15) is 43.4 Å². The van der Waals surface area contributed by atoms with E-state index in [2.05, 4.69) is 67.7 Å². The minimum Gasteiger partial charge on any atom is -0.378 e. The van der Waals surface area contributed by atoms with Gasteiger partial charge >= 0.3 is 0 Å². The molecule has 1 heterocycles. The Labute approximate surface area is 125 Å². The molecule has 2 aromatic rings. The Kier molecular flexibility index (Phi) is 4.02. The lowest BCUT2D eigenvalue weighted by Crippen LogP contribution is -2.17. The number of nitrogens with one attached hydrogen (secondary N) is 1. The fourth-order valence-corrected chi connectivity index (χ4v) is 3.94. The molecule has 0 radical (unpaired) electrons. The molecule has 1 nitrogen and oxygen atoms in total. The molecule has 0 saturated carbocycles. The summed E-state index contributed by atoms with van der Waals surface area (Å²) in [5.74, 6) is 1.74. The van der Waals surface area contributed by atoms with Crippen molar-refractivity contribution >= 4 is 17.4 Å². The predicted molar refractivity (Wildman–Crippen MR) is 88.7 cm³/mol. The molecule has 1 aliphatic heterocycles. The lowest BCUT2D eigenvalue weighted by atomic mass is 9.98. The summed E-state index contributed by atoms with van der Waals surface area (Å²) in [4.78, 5) is 1.43. The van der Waals surface area contributed by atoms with Gasteiger partial charge in [0, 0.05) is 16.3 Å². The zero-order valence-corrected chi connectivity index (χ0v) is 12.9. The topological polar surface area (TPSA) is 12.0 Å². The van der Waals surface area contributed by atoms with Crippen LogP contribution in [0.25, 0.3) is 0 Å². The Morgan fingerprint density at radius 1 is 1.05 bits per heavy atom. The Balaban J connectivity index is 1.90. The van der Waals surface area contributed by atoms with Gasteiger partial charge in [-0.25, -0.2) is 0 Å². The molecule has 1 N–H and O–H groups in total. The molecule has 0 spiro atoms. The molecule has 104 valence electrons. The minimum atomic E-state index is 0.437. The van der Waals surface area contributed by atoms with E-state index in [4.69, 9.17) is 0 Å². The van der Waals surface area contributed by atoms with E-state index in [9.17, 15) is 0 Å². The van der Waals surface area contributed by atoms with Crippen LogP contribution < -0.4 is 5.32 Å². The summed E-state index contributed by atoms with van der Waals surface area (Å²) < 4.78 is 0. The minimum absolute atomic E-state index is 0.437. The normalized spacial score (nSPS) is 17.9. The Bertz CT molecular complexity index is 591. The van der Waals surface area contributed by atoms with Crippen molar-refractivity contribution in [3.63, 3.8) is 0 Å². The highest BCUT2D eigenvalue weighted by Crippen LogP contribution is 2.38. The van der Waals surface area contributed by atoms with Gasteiger partial charge < -0.3 is 5.32 Å². The number of thioether (sulfide) groups is 1. The summed E-state index contributed by atoms with van der Waals surface area (Å²) in [6.07, 6.45) is 1.19. The molecule has 0 bridgehead atoms. The largest absolute Gasteiger partial charge is 0.378 e. The Morgan fingerprint density at radius 3 is 2.65 bits per heavy atom. The highest BCUT2D eigenvalue weighted by atomic mass is 32.2. The number of para-hydroxylation sites is 1. The number of anilines is 1. The summed E-state index contributed by atoms with van der Waals surface area (Å²) in [5, 5.41) is 3.77. The number of benzene rings is 2. The lowest BCUT2D eigenvalue weighted by molar-refractivity contribution is 0.724. The van der Waals surface area contributed by atoms with Crippen LogP contribution in [0.2, 0.25) is 0 Å². The molecule has 20 heavy (non-hydrogen) atoms. The molecule has 0 saturated heterocycles. The zero-order chi connectivity index (χ0) is 13.9. The molecule has 0 fully saturated rings. The maximum Gasteiger partial charge on any atom is 0.0532 e. The summed E-state index contributed by atoms with van der Waals surface area (Å²) in [6, 6.07) is 17.9. The van der Waals surface area contributed by atoms with Gasteiger partial charge in [-0.2, -0.15) is 0 Å². The smallest absolute Gasteiger partial charge is 0.0532 e. The van der Waals surface area contributed by atoms with Crippen molar-refractivity contribution in [3.8, 4) is 0 Å². The first-order valence-electron chi connectivity index (χ1n) is 7.33. The average Bonchev–Trinajstić information content (AvgIpc) is 2.48. The predicted octanol–water partition coefficient (Wildman–Crippen LogP) is 5.46. The van der Waals surface area contributed by atoms with Gasteiger partial charge in [-0.3, -0.25) is 0 Å². The van der Waals surface area contributed by atoms with E-state index >= 15 is 0 Å². The van der Waals surface area contributed by atoms with Gasteiger partial charge in [0.1, 0.15) is 0 Å². The molecule has 1 atom stereocenters. The first-order chi connectivity index (χ1) is 9.75. The number of hydrogen-bond donors (Lipinski definition) is 1. The van der Waals surface area contributed by atoms with Gasteiger partial charge in [-0.05, 0) is 35.6 Å². The van der Waals surface area contributed by atoms with Crippen molar-refractivity contribution in [3.05, 3.63) is 59.7 Å². The van der Waals surface area contributed by atoms with Crippen molar-refractivity contribution in [2.24, 2.45) is 0 Å². The van der Waals surface area contributed by atoms with Crippen LogP contribution in [-0.4, -0.2) is 5.75 Å². The molecular weight excluding hydrogens is 262 g/mol. The fraction of sp³-hybridized carbons (Fsp3) is 0.333.